The smallest absolute Gasteiger partial charge is 0.414 e. The first-order valence-corrected chi connectivity index (χ1v) is 8.31. The Labute approximate surface area is 153 Å². The SMILES string of the molecule is CC(=O)NC[C@H]1CN(c2ccc(C(=O)c3cnc4occn34)cc2)C(=O)O1. The van der Waals surface area contributed by atoms with Crippen LogP contribution in [-0.4, -0.2) is 46.4 Å². The highest BCUT2D eigenvalue weighted by atomic mass is 16.6. The molecule has 4 rings (SSSR count). The van der Waals surface area contributed by atoms with Crippen molar-refractivity contribution in [3.8, 4) is 0 Å². The lowest BCUT2D eigenvalue weighted by molar-refractivity contribution is -0.119. The largest absolute Gasteiger partial charge is 0.442 e. The van der Waals surface area contributed by atoms with Gasteiger partial charge in [-0.05, 0) is 24.3 Å². The number of benzene rings is 1. The van der Waals surface area contributed by atoms with E-state index in [1.807, 2.05) is 0 Å². The molecule has 3 heterocycles. The number of ketones is 1. The Morgan fingerprint density at radius 1 is 1.30 bits per heavy atom. The second-order valence-corrected chi connectivity index (χ2v) is 6.13. The van der Waals surface area contributed by atoms with Gasteiger partial charge in [0, 0.05) is 24.4 Å². The van der Waals surface area contributed by atoms with Crippen LogP contribution in [0.4, 0.5) is 10.5 Å². The lowest BCUT2D eigenvalue weighted by Gasteiger charge is -2.13. The van der Waals surface area contributed by atoms with Crippen molar-refractivity contribution in [2.75, 3.05) is 18.0 Å². The average Bonchev–Trinajstić information content (AvgIpc) is 3.35. The average molecular weight is 368 g/mol. The summed E-state index contributed by atoms with van der Waals surface area (Å²) in [6, 6.07) is 6.66. The number of aromatic nitrogens is 2. The van der Waals surface area contributed by atoms with Crippen molar-refractivity contribution in [1.82, 2.24) is 14.7 Å². The Kier molecular flexibility index (Phi) is 4.11. The first-order valence-electron chi connectivity index (χ1n) is 8.31. The number of nitrogens with zero attached hydrogens (tertiary/aromatic N) is 3. The van der Waals surface area contributed by atoms with E-state index in [-0.39, 0.29) is 18.2 Å². The van der Waals surface area contributed by atoms with Crippen LogP contribution in [0.5, 0.6) is 0 Å². The van der Waals surface area contributed by atoms with Gasteiger partial charge in [-0.2, -0.15) is 0 Å². The van der Waals surface area contributed by atoms with Gasteiger partial charge in [-0.25, -0.2) is 9.78 Å². The van der Waals surface area contributed by atoms with Crippen LogP contribution in [0.3, 0.4) is 0 Å². The topological polar surface area (TPSA) is 106 Å². The maximum Gasteiger partial charge on any atom is 0.414 e. The number of fused-ring (bicyclic) bond motifs is 1. The molecule has 0 unspecified atom stereocenters. The highest BCUT2D eigenvalue weighted by Crippen LogP contribution is 2.23. The summed E-state index contributed by atoms with van der Waals surface area (Å²) < 4.78 is 12.0. The summed E-state index contributed by atoms with van der Waals surface area (Å²) >= 11 is 0. The van der Waals surface area contributed by atoms with E-state index in [9.17, 15) is 14.4 Å². The molecule has 2 aromatic heterocycles. The summed E-state index contributed by atoms with van der Waals surface area (Å²) in [6.45, 7) is 1.99. The number of ether oxygens (including phenoxy) is 1. The van der Waals surface area contributed by atoms with Gasteiger partial charge >= 0.3 is 11.9 Å². The lowest BCUT2D eigenvalue weighted by atomic mass is 10.1. The zero-order valence-electron chi connectivity index (χ0n) is 14.4. The van der Waals surface area contributed by atoms with Gasteiger partial charge in [-0.1, -0.05) is 0 Å². The molecule has 1 atom stereocenters. The van der Waals surface area contributed by atoms with Gasteiger partial charge in [0.25, 0.3) is 0 Å². The molecule has 27 heavy (non-hydrogen) atoms. The second-order valence-electron chi connectivity index (χ2n) is 6.13. The van der Waals surface area contributed by atoms with Crippen molar-refractivity contribution >= 4 is 29.3 Å². The minimum atomic E-state index is -0.486. The molecule has 0 spiro atoms. The number of oxazole rings is 1. The van der Waals surface area contributed by atoms with E-state index in [0.717, 1.165) is 0 Å². The lowest BCUT2D eigenvalue weighted by Crippen LogP contribution is -2.33. The Bertz CT molecular complexity index is 1020. The maximum atomic E-state index is 12.7. The molecule has 1 N–H and O–H groups in total. The van der Waals surface area contributed by atoms with Crippen LogP contribution < -0.4 is 10.2 Å². The van der Waals surface area contributed by atoms with Crippen molar-refractivity contribution in [2.24, 2.45) is 0 Å². The summed E-state index contributed by atoms with van der Waals surface area (Å²) in [5, 5.41) is 2.63. The number of rotatable bonds is 5. The second kappa shape index (κ2) is 6.60. The van der Waals surface area contributed by atoms with Crippen molar-refractivity contribution in [3.05, 3.63) is 54.2 Å². The number of imidazole rings is 1. The van der Waals surface area contributed by atoms with E-state index in [4.69, 9.17) is 9.15 Å². The van der Waals surface area contributed by atoms with Gasteiger partial charge in [-0.15, -0.1) is 0 Å². The molecule has 9 nitrogen and oxygen atoms in total. The number of carbonyl (C=O) groups excluding carboxylic acids is 3. The number of hydrogen-bond donors (Lipinski definition) is 1. The molecule has 9 heteroatoms. The molecule has 0 aliphatic carbocycles. The fourth-order valence-electron chi connectivity index (χ4n) is 2.93. The Morgan fingerprint density at radius 3 is 2.81 bits per heavy atom. The number of anilines is 1. The molecule has 2 amide bonds. The maximum absolute atomic E-state index is 12.7. The van der Waals surface area contributed by atoms with Crippen LogP contribution in [0.25, 0.3) is 5.84 Å². The van der Waals surface area contributed by atoms with Crippen LogP contribution in [0.15, 0.2) is 47.3 Å². The van der Waals surface area contributed by atoms with Gasteiger partial charge in [0.2, 0.25) is 11.7 Å². The highest BCUT2D eigenvalue weighted by Gasteiger charge is 2.32. The fraction of sp³-hybridized carbons (Fsp3) is 0.222. The van der Waals surface area contributed by atoms with E-state index >= 15 is 0 Å². The number of hydrogen-bond acceptors (Lipinski definition) is 6. The Balaban J connectivity index is 1.49. The normalized spacial score (nSPS) is 16.6. The standard InChI is InChI=1S/C18H16N4O5/c1-11(23)19-8-14-10-22(18(25)27-14)13-4-2-12(3-5-13)16(24)15-9-20-17-21(15)6-7-26-17/h2-7,9,14H,8,10H2,1H3,(H,19,23)/t14-/m0/s1. The monoisotopic (exact) mass is 368 g/mol. The molecule has 138 valence electrons. The Hall–Kier alpha value is -3.62. The number of amides is 2. The van der Waals surface area contributed by atoms with Gasteiger partial charge < -0.3 is 14.5 Å². The zero-order chi connectivity index (χ0) is 19.0. The molecule has 1 aromatic carbocycles. The Morgan fingerprint density at radius 2 is 2.07 bits per heavy atom. The van der Waals surface area contributed by atoms with Crippen LogP contribution in [0.1, 0.15) is 23.0 Å². The molecule has 0 radical (unpaired) electrons. The number of nitrogens with one attached hydrogen (secondary N) is 1. The molecule has 1 saturated heterocycles. The molecule has 1 fully saturated rings. The molecular weight excluding hydrogens is 352 g/mol. The predicted octanol–water partition coefficient (Wildman–Crippen LogP) is 1.62. The minimum absolute atomic E-state index is 0.182. The molecule has 0 bridgehead atoms. The van der Waals surface area contributed by atoms with E-state index in [1.54, 1.807) is 34.9 Å². The zero-order valence-corrected chi connectivity index (χ0v) is 14.4. The molecule has 3 aromatic rings. The summed E-state index contributed by atoms with van der Waals surface area (Å²) in [6.07, 6.45) is 3.64. The fourth-order valence-corrected chi connectivity index (χ4v) is 2.93. The van der Waals surface area contributed by atoms with Crippen LogP contribution >= 0.6 is 0 Å². The highest BCUT2D eigenvalue weighted by molar-refractivity contribution is 6.08. The third-order valence-corrected chi connectivity index (χ3v) is 4.27. The van der Waals surface area contributed by atoms with Crippen LogP contribution in [-0.2, 0) is 9.53 Å². The number of carbonyl (C=O) groups is 3. The summed E-state index contributed by atoms with van der Waals surface area (Å²) in [4.78, 5) is 41.2. The summed E-state index contributed by atoms with van der Waals surface area (Å²) in [5.41, 5.74) is 1.47. The van der Waals surface area contributed by atoms with E-state index in [1.165, 1.54) is 24.3 Å². The molecule has 0 saturated carbocycles. The summed E-state index contributed by atoms with van der Waals surface area (Å²) in [5.74, 6) is -0.0399. The molecular formula is C18H16N4O5. The third kappa shape index (κ3) is 3.14. The van der Waals surface area contributed by atoms with E-state index < -0.39 is 12.2 Å². The van der Waals surface area contributed by atoms with E-state index in [2.05, 4.69) is 10.3 Å². The van der Waals surface area contributed by atoms with Gasteiger partial charge in [0.1, 0.15) is 18.1 Å². The first kappa shape index (κ1) is 16.8. The van der Waals surface area contributed by atoms with E-state index in [0.29, 0.717) is 29.3 Å². The van der Waals surface area contributed by atoms with Crippen molar-refractivity contribution in [1.29, 1.82) is 0 Å². The van der Waals surface area contributed by atoms with Crippen molar-refractivity contribution in [2.45, 2.75) is 13.0 Å². The minimum Gasteiger partial charge on any atom is -0.442 e. The van der Waals surface area contributed by atoms with Crippen LogP contribution in [0, 0.1) is 0 Å². The first-order chi connectivity index (χ1) is 13.0. The predicted molar refractivity (Wildman–Crippen MR) is 93.6 cm³/mol. The summed E-state index contributed by atoms with van der Waals surface area (Å²) in [7, 11) is 0. The quantitative estimate of drug-likeness (QED) is 0.686. The van der Waals surface area contributed by atoms with Gasteiger partial charge in [0.05, 0.1) is 19.3 Å². The molecule has 1 aliphatic heterocycles. The van der Waals surface area contributed by atoms with Crippen molar-refractivity contribution < 1.29 is 23.5 Å². The number of cyclic esters (lactones) is 1. The van der Waals surface area contributed by atoms with Crippen molar-refractivity contribution in [3.63, 3.8) is 0 Å². The van der Waals surface area contributed by atoms with Gasteiger partial charge in [-0.3, -0.25) is 18.9 Å². The van der Waals surface area contributed by atoms with Gasteiger partial charge in [0.15, 0.2) is 0 Å². The third-order valence-electron chi connectivity index (χ3n) is 4.27. The molecule has 1 aliphatic rings. The van der Waals surface area contributed by atoms with Crippen LogP contribution in [0.2, 0.25) is 0 Å².